The van der Waals surface area contributed by atoms with E-state index < -0.39 is 0 Å². The first-order valence-corrected chi connectivity index (χ1v) is 8.60. The number of hydrogen-bond donors (Lipinski definition) is 3. The van der Waals surface area contributed by atoms with Crippen molar-refractivity contribution in [2.75, 3.05) is 31.6 Å². The Kier molecular flexibility index (Phi) is 5.68. The average Bonchev–Trinajstić information content (AvgIpc) is 3.08. The first-order valence-electron chi connectivity index (χ1n) is 8.60. The standard InChI is InChI=1S/C20H24N2O3/c23-13-17-11-22(12-18(17)14-24)20(25)21-19-9-5-4-8-16(19)10-15-6-2-1-3-7-15/h1-9,17-18,23-24H,10-14H2,(H,21,25)/t17-,18-/m0/s1. The number of carbonyl (C=O) groups excluding carboxylic acids is 1. The molecule has 2 amide bonds. The van der Waals surface area contributed by atoms with Crippen LogP contribution in [0.5, 0.6) is 0 Å². The minimum Gasteiger partial charge on any atom is -0.396 e. The fraction of sp³-hybridized carbons (Fsp3) is 0.350. The third-order valence-electron chi connectivity index (χ3n) is 4.83. The molecular weight excluding hydrogens is 316 g/mol. The van der Waals surface area contributed by atoms with Crippen molar-refractivity contribution in [1.29, 1.82) is 0 Å². The lowest BCUT2D eigenvalue weighted by Crippen LogP contribution is -2.34. The molecule has 5 nitrogen and oxygen atoms in total. The highest BCUT2D eigenvalue weighted by Crippen LogP contribution is 2.25. The van der Waals surface area contributed by atoms with E-state index in [4.69, 9.17) is 0 Å². The molecule has 0 radical (unpaired) electrons. The zero-order valence-electron chi connectivity index (χ0n) is 14.1. The molecule has 0 aromatic heterocycles. The number of benzene rings is 2. The second-order valence-corrected chi connectivity index (χ2v) is 6.54. The van der Waals surface area contributed by atoms with Crippen LogP contribution >= 0.6 is 0 Å². The summed E-state index contributed by atoms with van der Waals surface area (Å²) in [7, 11) is 0. The zero-order chi connectivity index (χ0) is 17.6. The lowest BCUT2D eigenvalue weighted by molar-refractivity contribution is 0.152. The van der Waals surface area contributed by atoms with Crippen molar-refractivity contribution in [3.8, 4) is 0 Å². The highest BCUT2D eigenvalue weighted by molar-refractivity contribution is 5.90. The Morgan fingerprint density at radius 2 is 1.56 bits per heavy atom. The van der Waals surface area contributed by atoms with Gasteiger partial charge in [0.2, 0.25) is 0 Å². The van der Waals surface area contributed by atoms with Crippen molar-refractivity contribution in [1.82, 2.24) is 4.90 Å². The average molecular weight is 340 g/mol. The van der Waals surface area contributed by atoms with Crippen molar-refractivity contribution in [2.45, 2.75) is 6.42 Å². The number of carbonyl (C=O) groups is 1. The van der Waals surface area contributed by atoms with Crippen molar-refractivity contribution in [2.24, 2.45) is 11.8 Å². The van der Waals surface area contributed by atoms with Gasteiger partial charge in [0, 0.05) is 43.8 Å². The second-order valence-electron chi connectivity index (χ2n) is 6.54. The molecular formula is C20H24N2O3. The molecule has 1 heterocycles. The summed E-state index contributed by atoms with van der Waals surface area (Å²) in [6.45, 7) is 0.905. The third kappa shape index (κ3) is 4.18. The van der Waals surface area contributed by atoms with E-state index in [1.807, 2.05) is 42.5 Å². The number of aliphatic hydroxyl groups excluding tert-OH is 2. The van der Waals surface area contributed by atoms with E-state index >= 15 is 0 Å². The predicted molar refractivity (Wildman–Crippen MR) is 97.4 cm³/mol. The first-order chi connectivity index (χ1) is 12.2. The van der Waals surface area contributed by atoms with Crippen molar-refractivity contribution < 1.29 is 15.0 Å². The number of nitrogens with one attached hydrogen (secondary N) is 1. The molecule has 2 aromatic carbocycles. The number of urea groups is 1. The molecule has 0 saturated carbocycles. The largest absolute Gasteiger partial charge is 0.396 e. The van der Waals surface area contributed by atoms with Crippen LogP contribution in [0.1, 0.15) is 11.1 Å². The highest BCUT2D eigenvalue weighted by Gasteiger charge is 2.34. The lowest BCUT2D eigenvalue weighted by atomic mass is 9.98. The van der Waals surface area contributed by atoms with Crippen molar-refractivity contribution >= 4 is 11.7 Å². The quantitative estimate of drug-likeness (QED) is 0.782. The molecule has 1 fully saturated rings. The van der Waals surface area contributed by atoms with Crippen LogP contribution in [-0.4, -0.2) is 47.4 Å². The molecule has 132 valence electrons. The fourth-order valence-electron chi connectivity index (χ4n) is 3.32. The van der Waals surface area contributed by atoms with E-state index in [0.29, 0.717) is 13.1 Å². The molecule has 5 heteroatoms. The maximum Gasteiger partial charge on any atom is 0.321 e. The molecule has 0 aliphatic carbocycles. The second kappa shape index (κ2) is 8.14. The molecule has 0 bridgehead atoms. The zero-order valence-corrected chi connectivity index (χ0v) is 14.1. The van der Waals surface area contributed by atoms with E-state index in [0.717, 1.165) is 17.7 Å². The maximum absolute atomic E-state index is 12.6. The smallest absolute Gasteiger partial charge is 0.321 e. The summed E-state index contributed by atoms with van der Waals surface area (Å²) < 4.78 is 0. The molecule has 2 atom stereocenters. The van der Waals surface area contributed by atoms with Crippen LogP contribution in [0.4, 0.5) is 10.5 Å². The summed E-state index contributed by atoms with van der Waals surface area (Å²) in [5, 5.41) is 21.8. The molecule has 0 spiro atoms. The topological polar surface area (TPSA) is 72.8 Å². The normalized spacial score (nSPS) is 19.8. The van der Waals surface area contributed by atoms with Gasteiger partial charge in [0.25, 0.3) is 0 Å². The molecule has 3 rings (SSSR count). The van der Waals surface area contributed by atoms with Gasteiger partial charge in [-0.15, -0.1) is 0 Å². The Balaban J connectivity index is 1.70. The van der Waals surface area contributed by atoms with Gasteiger partial charge in [-0.1, -0.05) is 48.5 Å². The third-order valence-corrected chi connectivity index (χ3v) is 4.83. The van der Waals surface area contributed by atoms with Gasteiger partial charge in [0.15, 0.2) is 0 Å². The van der Waals surface area contributed by atoms with Crippen LogP contribution in [0.3, 0.4) is 0 Å². The molecule has 25 heavy (non-hydrogen) atoms. The number of likely N-dealkylation sites (tertiary alicyclic amines) is 1. The molecule has 3 N–H and O–H groups in total. The predicted octanol–water partition coefficient (Wildman–Crippen LogP) is 2.34. The van der Waals surface area contributed by atoms with E-state index in [9.17, 15) is 15.0 Å². The molecule has 2 aromatic rings. The van der Waals surface area contributed by atoms with Gasteiger partial charge in [0.05, 0.1) is 0 Å². The number of anilines is 1. The van der Waals surface area contributed by atoms with Crippen LogP contribution in [0, 0.1) is 11.8 Å². The van der Waals surface area contributed by atoms with Crippen molar-refractivity contribution in [3.05, 3.63) is 65.7 Å². The summed E-state index contributed by atoms with van der Waals surface area (Å²) in [6, 6.07) is 17.7. The number of rotatable bonds is 5. The Hall–Kier alpha value is -2.37. The summed E-state index contributed by atoms with van der Waals surface area (Å²) in [5.74, 6) is -0.120. The number of nitrogens with zero attached hydrogens (tertiary/aromatic N) is 1. The van der Waals surface area contributed by atoms with Gasteiger partial charge < -0.3 is 20.4 Å². The van der Waals surface area contributed by atoms with E-state index in [1.54, 1.807) is 4.90 Å². The van der Waals surface area contributed by atoms with E-state index in [1.165, 1.54) is 5.56 Å². The van der Waals surface area contributed by atoms with E-state index in [-0.39, 0.29) is 31.1 Å². The van der Waals surface area contributed by atoms with Crippen LogP contribution < -0.4 is 5.32 Å². The van der Waals surface area contributed by atoms with Crippen LogP contribution in [0.25, 0.3) is 0 Å². The summed E-state index contributed by atoms with van der Waals surface area (Å²) in [6.07, 6.45) is 0.746. The van der Waals surface area contributed by atoms with Gasteiger partial charge in [-0.2, -0.15) is 0 Å². The maximum atomic E-state index is 12.6. The molecule has 1 saturated heterocycles. The van der Waals surface area contributed by atoms with Crippen LogP contribution in [0.2, 0.25) is 0 Å². The van der Waals surface area contributed by atoms with Gasteiger partial charge >= 0.3 is 6.03 Å². The lowest BCUT2D eigenvalue weighted by Gasteiger charge is -2.19. The Morgan fingerprint density at radius 1 is 0.960 bits per heavy atom. The monoisotopic (exact) mass is 340 g/mol. The van der Waals surface area contributed by atoms with Gasteiger partial charge in [-0.25, -0.2) is 4.79 Å². The summed E-state index contributed by atoms with van der Waals surface area (Å²) in [4.78, 5) is 14.3. The Morgan fingerprint density at radius 3 is 2.20 bits per heavy atom. The molecule has 1 aliphatic rings. The Labute approximate surface area is 147 Å². The van der Waals surface area contributed by atoms with Gasteiger partial charge in [0.1, 0.15) is 0 Å². The molecule has 0 unspecified atom stereocenters. The number of para-hydroxylation sites is 1. The fourth-order valence-corrected chi connectivity index (χ4v) is 3.32. The van der Waals surface area contributed by atoms with Crippen LogP contribution in [0.15, 0.2) is 54.6 Å². The summed E-state index contributed by atoms with van der Waals surface area (Å²) >= 11 is 0. The SMILES string of the molecule is O=C(Nc1ccccc1Cc1ccccc1)N1C[C@@H](CO)[C@H](CO)C1. The summed E-state index contributed by atoms with van der Waals surface area (Å²) in [5.41, 5.74) is 3.04. The number of aliphatic hydroxyl groups is 2. The van der Waals surface area contributed by atoms with Crippen molar-refractivity contribution in [3.63, 3.8) is 0 Å². The minimum atomic E-state index is -0.185. The Bertz CT molecular complexity index is 693. The van der Waals surface area contributed by atoms with Gasteiger partial charge in [-0.3, -0.25) is 0 Å². The highest BCUT2D eigenvalue weighted by atomic mass is 16.3. The number of amides is 2. The first kappa shape index (κ1) is 17.5. The number of hydrogen-bond acceptors (Lipinski definition) is 3. The van der Waals surface area contributed by atoms with E-state index in [2.05, 4.69) is 17.4 Å². The van der Waals surface area contributed by atoms with Gasteiger partial charge in [-0.05, 0) is 23.6 Å². The molecule has 1 aliphatic heterocycles. The minimum absolute atomic E-state index is 0.0143. The van der Waals surface area contributed by atoms with Crippen LogP contribution in [-0.2, 0) is 6.42 Å².